The van der Waals surface area contributed by atoms with E-state index in [0.29, 0.717) is 5.92 Å². The van der Waals surface area contributed by atoms with Gasteiger partial charge in [-0.3, -0.25) is 4.79 Å². The largest absolute Gasteiger partial charge is 0.393 e. The fraction of sp³-hybridized carbons (Fsp3) is 0.500. The van der Waals surface area contributed by atoms with Crippen LogP contribution in [0.4, 0.5) is 0 Å². The number of hydrogen-bond acceptors (Lipinski definition) is 5. The van der Waals surface area contributed by atoms with Crippen LogP contribution in [0.2, 0.25) is 0 Å². The molecule has 1 fully saturated rings. The van der Waals surface area contributed by atoms with E-state index in [9.17, 15) is 9.90 Å². The van der Waals surface area contributed by atoms with Gasteiger partial charge >= 0.3 is 0 Å². The highest BCUT2D eigenvalue weighted by molar-refractivity contribution is 7.17. The molecule has 4 nitrogen and oxygen atoms in total. The summed E-state index contributed by atoms with van der Waals surface area (Å²) >= 11 is 3.12. The molecule has 2 aromatic heterocycles. The summed E-state index contributed by atoms with van der Waals surface area (Å²) in [6.45, 7) is 5.18. The van der Waals surface area contributed by atoms with Gasteiger partial charge < -0.3 is 10.0 Å². The molecule has 1 N–H and O–H groups in total. The van der Waals surface area contributed by atoms with Gasteiger partial charge in [-0.1, -0.05) is 0 Å². The molecule has 22 heavy (non-hydrogen) atoms. The molecule has 1 atom stereocenters. The van der Waals surface area contributed by atoms with Gasteiger partial charge in [0, 0.05) is 24.0 Å². The average molecular weight is 336 g/mol. The Labute approximate surface area is 138 Å². The van der Waals surface area contributed by atoms with Crippen LogP contribution in [0.15, 0.2) is 16.8 Å². The minimum absolute atomic E-state index is 0.0838. The highest BCUT2D eigenvalue weighted by Gasteiger charge is 2.28. The summed E-state index contributed by atoms with van der Waals surface area (Å²) in [6.07, 6.45) is 1.46. The molecule has 1 aliphatic rings. The number of rotatable bonds is 3. The molecule has 6 heteroatoms. The van der Waals surface area contributed by atoms with E-state index in [1.807, 2.05) is 30.2 Å². The predicted octanol–water partition coefficient (Wildman–Crippen LogP) is 3.41. The molecule has 0 spiro atoms. The van der Waals surface area contributed by atoms with Crippen LogP contribution in [-0.2, 0) is 0 Å². The standard InChI is InChI=1S/C16H20N2O2S2/c1-10-14(22-15(17-10)13-5-8-21-9-13)16(20)18-6-3-12(4-7-18)11(2)19/h5,8-9,11-12,19H,3-4,6-7H2,1-2H3. The third-order valence-electron chi connectivity index (χ3n) is 4.27. The van der Waals surface area contributed by atoms with Crippen LogP contribution in [0.1, 0.15) is 35.1 Å². The fourth-order valence-electron chi connectivity index (χ4n) is 2.83. The third-order valence-corrected chi connectivity index (χ3v) is 6.15. The van der Waals surface area contributed by atoms with E-state index in [2.05, 4.69) is 10.4 Å². The highest BCUT2D eigenvalue weighted by Crippen LogP contribution is 2.31. The van der Waals surface area contributed by atoms with Gasteiger partial charge in [0.1, 0.15) is 9.88 Å². The molecule has 0 aliphatic carbocycles. The van der Waals surface area contributed by atoms with Crippen molar-refractivity contribution in [3.63, 3.8) is 0 Å². The summed E-state index contributed by atoms with van der Waals surface area (Å²) in [5.41, 5.74) is 1.90. The van der Waals surface area contributed by atoms with Crippen molar-refractivity contribution in [3.8, 4) is 10.6 Å². The number of carbonyl (C=O) groups is 1. The number of amides is 1. The van der Waals surface area contributed by atoms with Gasteiger partial charge in [-0.2, -0.15) is 11.3 Å². The van der Waals surface area contributed by atoms with Gasteiger partial charge in [-0.05, 0) is 44.1 Å². The molecule has 2 aromatic rings. The Bertz CT molecular complexity index is 641. The quantitative estimate of drug-likeness (QED) is 0.934. The van der Waals surface area contributed by atoms with Crippen molar-refractivity contribution < 1.29 is 9.90 Å². The summed E-state index contributed by atoms with van der Waals surface area (Å²) in [7, 11) is 0. The molecular weight excluding hydrogens is 316 g/mol. The number of hydrogen-bond donors (Lipinski definition) is 1. The van der Waals surface area contributed by atoms with E-state index in [1.165, 1.54) is 11.3 Å². The van der Waals surface area contributed by atoms with Crippen LogP contribution in [0.3, 0.4) is 0 Å². The molecule has 3 rings (SSSR count). The molecule has 1 saturated heterocycles. The predicted molar refractivity (Wildman–Crippen MR) is 90.5 cm³/mol. The normalized spacial score (nSPS) is 17.7. The first-order chi connectivity index (χ1) is 10.6. The molecule has 1 unspecified atom stereocenters. The number of likely N-dealkylation sites (tertiary alicyclic amines) is 1. The Balaban J connectivity index is 1.73. The molecule has 1 amide bonds. The molecule has 3 heterocycles. The third kappa shape index (κ3) is 3.09. The zero-order chi connectivity index (χ0) is 15.7. The van der Waals surface area contributed by atoms with E-state index >= 15 is 0 Å². The Morgan fingerprint density at radius 1 is 1.45 bits per heavy atom. The minimum Gasteiger partial charge on any atom is -0.393 e. The van der Waals surface area contributed by atoms with E-state index in [4.69, 9.17) is 0 Å². The summed E-state index contributed by atoms with van der Waals surface area (Å²) in [5.74, 6) is 0.397. The van der Waals surface area contributed by atoms with Crippen molar-refractivity contribution in [2.75, 3.05) is 13.1 Å². The first kappa shape index (κ1) is 15.6. The van der Waals surface area contributed by atoms with Crippen LogP contribution < -0.4 is 0 Å². The zero-order valence-electron chi connectivity index (χ0n) is 12.8. The Kier molecular flexibility index (Phi) is 4.61. The van der Waals surface area contributed by atoms with Crippen molar-refractivity contribution in [1.29, 1.82) is 0 Å². The van der Waals surface area contributed by atoms with E-state index in [0.717, 1.165) is 47.1 Å². The molecule has 0 bridgehead atoms. The molecular formula is C16H20N2O2S2. The minimum atomic E-state index is -0.285. The summed E-state index contributed by atoms with van der Waals surface area (Å²) < 4.78 is 0. The number of carbonyl (C=O) groups excluding carboxylic acids is 1. The molecule has 0 aromatic carbocycles. The molecule has 118 valence electrons. The summed E-state index contributed by atoms with van der Waals surface area (Å²) in [4.78, 5) is 19.9. The number of aliphatic hydroxyl groups is 1. The lowest BCUT2D eigenvalue weighted by atomic mass is 9.92. The lowest BCUT2D eigenvalue weighted by Crippen LogP contribution is -2.40. The van der Waals surface area contributed by atoms with Crippen LogP contribution in [0.5, 0.6) is 0 Å². The number of thiophene rings is 1. The zero-order valence-corrected chi connectivity index (χ0v) is 14.4. The summed E-state index contributed by atoms with van der Waals surface area (Å²) in [6, 6.07) is 2.03. The molecule has 0 saturated carbocycles. The lowest BCUT2D eigenvalue weighted by molar-refractivity contribution is 0.0524. The van der Waals surface area contributed by atoms with Crippen LogP contribution >= 0.6 is 22.7 Å². The number of piperidine rings is 1. The van der Waals surface area contributed by atoms with Crippen molar-refractivity contribution in [3.05, 3.63) is 27.4 Å². The maximum atomic E-state index is 12.7. The Morgan fingerprint density at radius 2 is 2.18 bits per heavy atom. The highest BCUT2D eigenvalue weighted by atomic mass is 32.1. The van der Waals surface area contributed by atoms with Gasteiger partial charge in [-0.25, -0.2) is 4.98 Å². The van der Waals surface area contributed by atoms with Crippen molar-refractivity contribution in [1.82, 2.24) is 9.88 Å². The van der Waals surface area contributed by atoms with E-state index < -0.39 is 0 Å². The molecule has 1 aliphatic heterocycles. The topological polar surface area (TPSA) is 53.4 Å². The van der Waals surface area contributed by atoms with Crippen LogP contribution in [0.25, 0.3) is 10.6 Å². The van der Waals surface area contributed by atoms with E-state index in [1.54, 1.807) is 11.3 Å². The number of aryl methyl sites for hydroxylation is 1. The van der Waals surface area contributed by atoms with Crippen molar-refractivity contribution in [2.45, 2.75) is 32.8 Å². The average Bonchev–Trinajstić information content (AvgIpc) is 3.16. The second-order valence-electron chi connectivity index (χ2n) is 5.82. The molecule has 0 radical (unpaired) electrons. The van der Waals surface area contributed by atoms with Crippen LogP contribution in [-0.4, -0.2) is 40.1 Å². The summed E-state index contributed by atoms with van der Waals surface area (Å²) in [5, 5.41) is 14.7. The second-order valence-corrected chi connectivity index (χ2v) is 7.59. The number of nitrogens with zero attached hydrogens (tertiary/aromatic N) is 2. The van der Waals surface area contributed by atoms with Gasteiger partial charge in [-0.15, -0.1) is 11.3 Å². The Morgan fingerprint density at radius 3 is 2.77 bits per heavy atom. The van der Waals surface area contributed by atoms with Crippen molar-refractivity contribution in [2.24, 2.45) is 5.92 Å². The number of thiazole rings is 1. The SMILES string of the molecule is Cc1nc(-c2ccsc2)sc1C(=O)N1CCC(C(C)O)CC1. The van der Waals surface area contributed by atoms with E-state index in [-0.39, 0.29) is 12.0 Å². The van der Waals surface area contributed by atoms with Gasteiger partial charge in [0.25, 0.3) is 5.91 Å². The Hall–Kier alpha value is -1.24. The first-order valence-electron chi connectivity index (χ1n) is 7.53. The van der Waals surface area contributed by atoms with Gasteiger partial charge in [0.05, 0.1) is 11.8 Å². The first-order valence-corrected chi connectivity index (χ1v) is 9.29. The van der Waals surface area contributed by atoms with Crippen molar-refractivity contribution >= 4 is 28.6 Å². The fourth-order valence-corrected chi connectivity index (χ4v) is 4.58. The monoisotopic (exact) mass is 336 g/mol. The van der Waals surface area contributed by atoms with Gasteiger partial charge in [0.15, 0.2) is 0 Å². The number of aliphatic hydroxyl groups excluding tert-OH is 1. The smallest absolute Gasteiger partial charge is 0.265 e. The number of aromatic nitrogens is 1. The maximum absolute atomic E-state index is 12.7. The second kappa shape index (κ2) is 6.48. The lowest BCUT2D eigenvalue weighted by Gasteiger charge is -2.33. The maximum Gasteiger partial charge on any atom is 0.265 e. The van der Waals surface area contributed by atoms with Crippen LogP contribution in [0, 0.1) is 12.8 Å². The van der Waals surface area contributed by atoms with Gasteiger partial charge in [0.2, 0.25) is 0 Å².